The Labute approximate surface area is 75.8 Å². The van der Waals surface area contributed by atoms with Crippen molar-refractivity contribution < 1.29 is 4.42 Å². The van der Waals surface area contributed by atoms with Gasteiger partial charge < -0.3 is 10.2 Å². The number of hydrogen-bond donors (Lipinski definition) is 1. The fourth-order valence-corrected chi connectivity index (χ4v) is 1.11. The maximum atomic E-state index is 5.70. The molecule has 2 rings (SSSR count). The van der Waals surface area contributed by atoms with Gasteiger partial charge in [0.05, 0.1) is 5.69 Å². The molecule has 2 N–H and O–H groups in total. The van der Waals surface area contributed by atoms with E-state index in [1.807, 2.05) is 13.8 Å². The average molecular weight is 177 g/mol. The number of oxazole rings is 1. The first kappa shape index (κ1) is 8.04. The number of fused-ring (bicyclic) bond motifs is 1. The third kappa shape index (κ3) is 1.24. The van der Waals surface area contributed by atoms with Crippen molar-refractivity contribution in [2.45, 2.75) is 19.8 Å². The van der Waals surface area contributed by atoms with Gasteiger partial charge in [0.2, 0.25) is 5.65 Å². The van der Waals surface area contributed by atoms with Crippen LogP contribution in [0.15, 0.2) is 16.7 Å². The monoisotopic (exact) mass is 177 g/mol. The molecule has 0 bridgehead atoms. The molecule has 0 aromatic carbocycles. The number of aromatic nitrogens is 2. The maximum absolute atomic E-state index is 5.70. The van der Waals surface area contributed by atoms with E-state index in [1.54, 1.807) is 12.3 Å². The molecule has 0 aliphatic carbocycles. The lowest BCUT2D eigenvalue weighted by Gasteiger charge is -1.94. The van der Waals surface area contributed by atoms with Crippen LogP contribution >= 0.6 is 0 Å². The van der Waals surface area contributed by atoms with E-state index in [4.69, 9.17) is 10.2 Å². The number of anilines is 1. The molecule has 0 unspecified atom stereocenters. The van der Waals surface area contributed by atoms with E-state index in [9.17, 15) is 0 Å². The Hall–Kier alpha value is -1.58. The molecule has 13 heavy (non-hydrogen) atoms. The summed E-state index contributed by atoms with van der Waals surface area (Å²) in [6, 6.07) is 1.71. The largest absolute Gasteiger partial charge is 0.436 e. The molecule has 2 heterocycles. The Kier molecular flexibility index (Phi) is 1.69. The molecule has 4 nitrogen and oxygen atoms in total. The third-order valence-corrected chi connectivity index (χ3v) is 1.83. The Morgan fingerprint density at radius 3 is 2.85 bits per heavy atom. The summed E-state index contributed by atoms with van der Waals surface area (Å²) in [7, 11) is 0. The first-order valence-electron chi connectivity index (χ1n) is 4.19. The second-order valence-electron chi connectivity index (χ2n) is 3.26. The van der Waals surface area contributed by atoms with Crippen LogP contribution in [0.4, 0.5) is 5.69 Å². The van der Waals surface area contributed by atoms with Crippen LogP contribution in [0.25, 0.3) is 11.2 Å². The number of hydrogen-bond acceptors (Lipinski definition) is 4. The average Bonchev–Trinajstić information content (AvgIpc) is 2.49. The zero-order chi connectivity index (χ0) is 9.42. The van der Waals surface area contributed by atoms with E-state index in [0.717, 1.165) is 0 Å². The normalized spacial score (nSPS) is 11.3. The van der Waals surface area contributed by atoms with Crippen molar-refractivity contribution >= 4 is 16.9 Å². The Balaban J connectivity index is 2.68. The molecular formula is C9H11N3O. The predicted octanol–water partition coefficient (Wildman–Crippen LogP) is 1.93. The van der Waals surface area contributed by atoms with Crippen molar-refractivity contribution in [3.63, 3.8) is 0 Å². The highest BCUT2D eigenvalue weighted by Gasteiger charge is 2.11. The molecule has 0 saturated carbocycles. The van der Waals surface area contributed by atoms with E-state index in [0.29, 0.717) is 22.8 Å². The quantitative estimate of drug-likeness (QED) is 0.722. The van der Waals surface area contributed by atoms with Crippen molar-refractivity contribution in [3.05, 3.63) is 18.2 Å². The molecule has 0 aliphatic heterocycles. The molecule has 68 valence electrons. The zero-order valence-corrected chi connectivity index (χ0v) is 7.61. The van der Waals surface area contributed by atoms with Gasteiger partial charge in [-0.2, -0.15) is 4.98 Å². The minimum Gasteiger partial charge on any atom is -0.436 e. The van der Waals surface area contributed by atoms with Crippen molar-refractivity contribution in [1.82, 2.24) is 9.97 Å². The summed E-state index contributed by atoms with van der Waals surface area (Å²) in [5, 5.41) is 0. The number of nitrogens with zero attached hydrogens (tertiary/aromatic N) is 2. The maximum Gasteiger partial charge on any atom is 0.200 e. The third-order valence-electron chi connectivity index (χ3n) is 1.83. The summed E-state index contributed by atoms with van der Waals surface area (Å²) in [6.45, 7) is 4.03. The van der Waals surface area contributed by atoms with Gasteiger partial charge in [-0.15, -0.1) is 0 Å². The highest BCUT2D eigenvalue weighted by Crippen LogP contribution is 2.23. The van der Waals surface area contributed by atoms with E-state index in [2.05, 4.69) is 9.97 Å². The first-order valence-corrected chi connectivity index (χ1v) is 4.19. The van der Waals surface area contributed by atoms with Crippen LogP contribution in [0.3, 0.4) is 0 Å². The van der Waals surface area contributed by atoms with Crippen molar-refractivity contribution in [3.8, 4) is 0 Å². The molecule has 2 aromatic rings. The fraction of sp³-hybridized carbons (Fsp3) is 0.333. The van der Waals surface area contributed by atoms with Crippen molar-refractivity contribution in [2.24, 2.45) is 0 Å². The molecule has 0 spiro atoms. The second-order valence-corrected chi connectivity index (χ2v) is 3.26. The minimum absolute atomic E-state index is 0.258. The van der Waals surface area contributed by atoms with E-state index in [1.165, 1.54) is 0 Å². The summed E-state index contributed by atoms with van der Waals surface area (Å²) in [5.74, 6) is 0.939. The smallest absolute Gasteiger partial charge is 0.200 e. The van der Waals surface area contributed by atoms with Gasteiger partial charge in [-0.3, -0.25) is 0 Å². The molecule has 0 fully saturated rings. The van der Waals surface area contributed by atoms with Gasteiger partial charge in [0.15, 0.2) is 11.5 Å². The molecule has 4 heteroatoms. The van der Waals surface area contributed by atoms with Gasteiger partial charge in [0, 0.05) is 12.1 Å². The van der Waals surface area contributed by atoms with Crippen LogP contribution in [0.2, 0.25) is 0 Å². The van der Waals surface area contributed by atoms with E-state index >= 15 is 0 Å². The molecule has 0 radical (unpaired) electrons. The summed E-state index contributed by atoms with van der Waals surface area (Å²) in [6.07, 6.45) is 1.63. The Bertz CT molecular complexity index is 433. The van der Waals surface area contributed by atoms with E-state index in [-0.39, 0.29) is 5.92 Å². The zero-order valence-electron chi connectivity index (χ0n) is 7.61. The van der Waals surface area contributed by atoms with Crippen LogP contribution in [-0.4, -0.2) is 9.97 Å². The fourth-order valence-electron chi connectivity index (χ4n) is 1.11. The van der Waals surface area contributed by atoms with Crippen LogP contribution in [0, 0.1) is 0 Å². The Morgan fingerprint density at radius 2 is 2.23 bits per heavy atom. The summed E-state index contributed by atoms with van der Waals surface area (Å²) >= 11 is 0. The first-order chi connectivity index (χ1) is 6.18. The highest BCUT2D eigenvalue weighted by molar-refractivity contribution is 5.81. The number of pyridine rings is 1. The van der Waals surface area contributed by atoms with Gasteiger partial charge in [-0.1, -0.05) is 13.8 Å². The number of nitrogen functional groups attached to an aromatic ring is 1. The Morgan fingerprint density at radius 1 is 1.46 bits per heavy atom. The van der Waals surface area contributed by atoms with Gasteiger partial charge in [-0.05, 0) is 6.07 Å². The van der Waals surface area contributed by atoms with Crippen LogP contribution in [0.5, 0.6) is 0 Å². The SMILES string of the molecule is CC(C)c1nc2nccc(N)c2o1. The van der Waals surface area contributed by atoms with Crippen molar-refractivity contribution in [1.29, 1.82) is 0 Å². The van der Waals surface area contributed by atoms with Gasteiger partial charge in [0.25, 0.3) is 0 Å². The second kappa shape index (κ2) is 2.73. The number of nitrogens with two attached hydrogens (primary N) is 1. The van der Waals surface area contributed by atoms with Crippen LogP contribution < -0.4 is 5.73 Å². The molecular weight excluding hydrogens is 166 g/mol. The minimum atomic E-state index is 0.258. The van der Waals surface area contributed by atoms with E-state index < -0.39 is 0 Å². The molecule has 0 atom stereocenters. The topological polar surface area (TPSA) is 64.9 Å². The molecule has 0 amide bonds. The van der Waals surface area contributed by atoms with Gasteiger partial charge in [0.1, 0.15) is 0 Å². The summed E-state index contributed by atoms with van der Waals surface area (Å²) in [4.78, 5) is 8.28. The standard InChI is InChI=1S/C9H11N3O/c1-5(2)9-12-8-7(13-9)6(10)3-4-11-8/h3-5H,1-2H3,(H2,10,11). The van der Waals surface area contributed by atoms with Crippen LogP contribution in [-0.2, 0) is 0 Å². The lowest BCUT2D eigenvalue weighted by atomic mass is 10.2. The van der Waals surface area contributed by atoms with Gasteiger partial charge in [-0.25, -0.2) is 4.98 Å². The van der Waals surface area contributed by atoms with Crippen LogP contribution in [0.1, 0.15) is 25.7 Å². The molecule has 2 aromatic heterocycles. The number of rotatable bonds is 1. The lowest BCUT2D eigenvalue weighted by molar-refractivity contribution is 0.502. The summed E-state index contributed by atoms with van der Waals surface area (Å²) < 4.78 is 5.46. The highest BCUT2D eigenvalue weighted by atomic mass is 16.3. The molecule has 0 saturated heterocycles. The predicted molar refractivity (Wildman–Crippen MR) is 50.3 cm³/mol. The van der Waals surface area contributed by atoms with Gasteiger partial charge >= 0.3 is 0 Å². The summed E-state index contributed by atoms with van der Waals surface area (Å²) in [5.41, 5.74) is 7.46. The lowest BCUT2D eigenvalue weighted by Crippen LogP contribution is -1.86. The molecule has 0 aliphatic rings. The van der Waals surface area contributed by atoms with Crippen molar-refractivity contribution in [2.75, 3.05) is 5.73 Å².